The van der Waals surface area contributed by atoms with Crippen molar-refractivity contribution in [1.29, 1.82) is 5.41 Å². The number of carbonyl (C=O) groups is 1. The van der Waals surface area contributed by atoms with Crippen molar-refractivity contribution in [3.63, 3.8) is 0 Å². The van der Waals surface area contributed by atoms with E-state index in [0.29, 0.717) is 0 Å². The highest BCUT2D eigenvalue weighted by Gasteiger charge is 2.60. The molecule has 238 valence electrons. The molecule has 3 aliphatic rings. The van der Waals surface area contributed by atoms with Gasteiger partial charge in [0.2, 0.25) is 0 Å². The molecule has 0 aromatic rings. The van der Waals surface area contributed by atoms with E-state index in [4.69, 9.17) is 41.6 Å². The molecule has 20 heteroatoms. The van der Waals surface area contributed by atoms with E-state index in [-0.39, 0.29) is 18.7 Å². The fourth-order valence-electron chi connectivity index (χ4n) is 5.13. The first kappa shape index (κ1) is 35.2. The molecule has 1 saturated carbocycles. The quantitative estimate of drug-likeness (QED) is 0.0648. The number of rotatable bonds is 9. The molecule has 0 amide bonds. The lowest BCUT2D eigenvalue weighted by atomic mass is 9.81. The third-order valence-electron chi connectivity index (χ3n) is 7.40. The molecule has 0 bridgehead atoms. The normalized spacial score (nSPS) is 46.3. The number of halogens is 1. The summed E-state index contributed by atoms with van der Waals surface area (Å²) in [7, 11) is 1.42. The second-order valence-electron chi connectivity index (χ2n) is 9.93. The van der Waals surface area contributed by atoms with E-state index in [9.17, 15) is 40.5 Å². The molecular weight excluding hydrogens is 578 g/mol. The molecule has 15 atom stereocenters. The molecule has 3 rings (SSSR count). The Hall–Kier alpha value is -1.98. The van der Waals surface area contributed by atoms with Crippen LogP contribution in [0, 0.1) is 5.41 Å². The summed E-state index contributed by atoms with van der Waals surface area (Å²) in [4.78, 5) is 15.8. The smallest absolute Gasteiger partial charge is 0.188 e. The number of nitrogens with zero attached hydrogens (tertiary/aromatic N) is 1. The molecule has 0 aromatic heterocycles. The minimum Gasteiger partial charge on any atom is -0.394 e. The van der Waals surface area contributed by atoms with Crippen LogP contribution >= 0.6 is 12.4 Å². The maximum Gasteiger partial charge on any atom is 0.188 e. The van der Waals surface area contributed by atoms with Crippen molar-refractivity contribution in [2.24, 2.45) is 22.2 Å². The number of nitrogens with two attached hydrogens (primary N) is 3. The predicted octanol–water partition coefficient (Wildman–Crippen LogP) is -7.53. The highest BCUT2D eigenvalue weighted by atomic mass is 35.5. The van der Waals surface area contributed by atoms with Gasteiger partial charge < -0.3 is 82.5 Å². The van der Waals surface area contributed by atoms with Gasteiger partial charge in [-0.1, -0.05) is 0 Å². The van der Waals surface area contributed by atoms with Crippen LogP contribution in [0.15, 0.2) is 4.99 Å². The Balaban J connectivity index is 0.00000588. The first-order valence-corrected chi connectivity index (χ1v) is 12.4. The van der Waals surface area contributed by atoms with Gasteiger partial charge in [-0.05, 0) is 14.0 Å². The van der Waals surface area contributed by atoms with Gasteiger partial charge >= 0.3 is 0 Å². The van der Waals surface area contributed by atoms with Gasteiger partial charge in [-0.25, -0.2) is 4.99 Å². The Morgan fingerprint density at radius 3 is 2.15 bits per heavy atom. The molecule has 0 unspecified atom stereocenters. The number of carbonyl (C=O) groups excluding carboxylic acids is 1. The molecule has 19 nitrogen and oxygen atoms in total. The van der Waals surface area contributed by atoms with E-state index in [1.165, 1.54) is 14.0 Å². The standard InChI is InChI=1S/C21H39N7O12.ClH/c1-5-21(36,4-30)16(40-17-9(26-2)13(34)10(31)6(3-29)38-17)18(37-5)39-15-8(28-20(24)25)11(32)7(27-19(22)23)12(33)14(15)35;/h4-18,26,29,31-36H,3H2,1-2H3,(H4,22,23,27)(H4,24,25,28);1H/t5-,6-,7+,8-,9-,10-,11+,12-,13-,14+,15+,16-,17-,18-,21+;/m0./s1. The lowest BCUT2D eigenvalue weighted by Gasteiger charge is -2.46. The SMILES string of the molecule is CN[C@@H]1[C@H](O[C@H]2[C@H](O[C@H]3[C@H](O)[C@@H](O)[C@H](N=C(N)N)[C@@H](O)[C@@H]3NC(=N)N)O[C@@H](C)[C@]2(O)C=O)O[C@@H](CO)[C@H](O)[C@H]1O.Cl. The zero-order valence-electron chi connectivity index (χ0n) is 22.1. The van der Waals surface area contributed by atoms with Gasteiger partial charge in [0.15, 0.2) is 36.4 Å². The van der Waals surface area contributed by atoms with Crippen LogP contribution in [0.1, 0.15) is 6.92 Å². The van der Waals surface area contributed by atoms with E-state index in [2.05, 4.69) is 15.6 Å². The topological polar surface area (TPSA) is 334 Å². The molecule has 2 heterocycles. The molecule has 2 aliphatic heterocycles. The second-order valence-corrected chi connectivity index (χ2v) is 9.93. The maximum absolute atomic E-state index is 12.1. The molecule has 3 fully saturated rings. The fraction of sp³-hybridized carbons (Fsp3) is 0.857. The summed E-state index contributed by atoms with van der Waals surface area (Å²) in [6.07, 6.45) is -17.3. The van der Waals surface area contributed by atoms with Crippen molar-refractivity contribution in [2.45, 2.75) is 98.2 Å². The van der Waals surface area contributed by atoms with Crippen LogP contribution in [-0.4, -0.2) is 159 Å². The second kappa shape index (κ2) is 14.0. The Morgan fingerprint density at radius 1 is 1.00 bits per heavy atom. The Labute approximate surface area is 240 Å². The average molecular weight is 618 g/mol. The third-order valence-corrected chi connectivity index (χ3v) is 7.40. The summed E-state index contributed by atoms with van der Waals surface area (Å²) >= 11 is 0. The summed E-state index contributed by atoms with van der Waals surface area (Å²) in [5.41, 5.74) is 13.8. The highest BCUT2D eigenvalue weighted by molar-refractivity contribution is 5.85. The number of ether oxygens (including phenoxy) is 4. The monoisotopic (exact) mass is 617 g/mol. The summed E-state index contributed by atoms with van der Waals surface area (Å²) in [6.45, 7) is 0.616. The number of aliphatic imine (C=N–C) groups is 1. The maximum atomic E-state index is 12.1. The third kappa shape index (κ3) is 6.82. The molecular formula is C21H40ClN7O12. The summed E-state index contributed by atoms with van der Waals surface area (Å²) in [5, 5.41) is 86.6. The van der Waals surface area contributed by atoms with Gasteiger partial charge in [0.1, 0.15) is 54.9 Å². The van der Waals surface area contributed by atoms with Crippen molar-refractivity contribution in [2.75, 3.05) is 13.7 Å². The van der Waals surface area contributed by atoms with Crippen LogP contribution in [0.2, 0.25) is 0 Å². The molecule has 16 N–H and O–H groups in total. The highest BCUT2D eigenvalue weighted by Crippen LogP contribution is 2.38. The Kier molecular flexibility index (Phi) is 12.0. The van der Waals surface area contributed by atoms with Crippen molar-refractivity contribution in [1.82, 2.24) is 10.6 Å². The molecule has 41 heavy (non-hydrogen) atoms. The lowest BCUT2D eigenvalue weighted by Crippen LogP contribution is -2.70. The summed E-state index contributed by atoms with van der Waals surface area (Å²) in [6, 6.07) is -4.02. The minimum atomic E-state index is -2.39. The van der Waals surface area contributed by atoms with E-state index < -0.39 is 110 Å². The fourth-order valence-corrected chi connectivity index (χ4v) is 5.13. The number of guanidine groups is 2. The predicted molar refractivity (Wildman–Crippen MR) is 139 cm³/mol. The van der Waals surface area contributed by atoms with Crippen LogP contribution in [0.3, 0.4) is 0 Å². The van der Waals surface area contributed by atoms with Gasteiger partial charge in [-0.2, -0.15) is 0 Å². The van der Waals surface area contributed by atoms with Gasteiger partial charge in [-0.15, -0.1) is 12.4 Å². The first-order chi connectivity index (χ1) is 18.7. The van der Waals surface area contributed by atoms with Crippen molar-refractivity contribution in [3.05, 3.63) is 0 Å². The lowest BCUT2D eigenvalue weighted by molar-refractivity contribution is -0.314. The van der Waals surface area contributed by atoms with Crippen LogP contribution in [-0.2, 0) is 23.7 Å². The largest absolute Gasteiger partial charge is 0.394 e. The van der Waals surface area contributed by atoms with Gasteiger partial charge in [-0.3, -0.25) is 10.2 Å². The Morgan fingerprint density at radius 2 is 1.63 bits per heavy atom. The number of hydrogen-bond acceptors (Lipinski definition) is 15. The van der Waals surface area contributed by atoms with E-state index in [1.807, 2.05) is 0 Å². The van der Waals surface area contributed by atoms with Gasteiger partial charge in [0.25, 0.3) is 0 Å². The van der Waals surface area contributed by atoms with E-state index in [0.717, 1.165) is 0 Å². The van der Waals surface area contributed by atoms with Crippen molar-refractivity contribution >= 4 is 30.6 Å². The van der Waals surface area contributed by atoms with E-state index in [1.54, 1.807) is 0 Å². The summed E-state index contributed by atoms with van der Waals surface area (Å²) in [5.74, 6) is -1.16. The molecule has 0 radical (unpaired) electrons. The van der Waals surface area contributed by atoms with Crippen LogP contribution in [0.4, 0.5) is 0 Å². The number of aldehydes is 1. The molecule has 1 aliphatic carbocycles. The minimum absolute atomic E-state index is 0. The van der Waals surface area contributed by atoms with Crippen LogP contribution in [0.5, 0.6) is 0 Å². The van der Waals surface area contributed by atoms with Crippen molar-refractivity contribution < 1.29 is 59.5 Å². The first-order valence-electron chi connectivity index (χ1n) is 12.4. The van der Waals surface area contributed by atoms with Gasteiger partial charge in [0.05, 0.1) is 24.8 Å². The summed E-state index contributed by atoms with van der Waals surface area (Å²) < 4.78 is 22.9. The number of nitrogens with one attached hydrogen (secondary N) is 3. The average Bonchev–Trinajstić information content (AvgIpc) is 3.13. The van der Waals surface area contributed by atoms with Crippen molar-refractivity contribution in [3.8, 4) is 0 Å². The van der Waals surface area contributed by atoms with Crippen LogP contribution < -0.4 is 27.8 Å². The zero-order chi connectivity index (χ0) is 30.1. The zero-order valence-corrected chi connectivity index (χ0v) is 22.9. The number of aliphatic hydroxyl groups excluding tert-OH is 6. The van der Waals surface area contributed by atoms with Gasteiger partial charge in [0, 0.05) is 0 Å². The number of likely N-dealkylation sites (N-methyl/N-ethyl adjacent to an activating group) is 1. The Bertz CT molecular complexity index is 937. The van der Waals surface area contributed by atoms with E-state index >= 15 is 0 Å². The molecule has 0 aromatic carbocycles. The molecule has 0 spiro atoms. The molecule has 2 saturated heterocycles. The van der Waals surface area contributed by atoms with Crippen LogP contribution in [0.25, 0.3) is 0 Å². The number of hydrogen-bond donors (Lipinski definition) is 13. The number of aliphatic hydroxyl groups is 7.